The highest BCUT2D eigenvalue weighted by Gasteiger charge is 2.41. The van der Waals surface area contributed by atoms with Gasteiger partial charge in [0, 0.05) is 29.8 Å². The van der Waals surface area contributed by atoms with E-state index in [2.05, 4.69) is 40.1 Å². The van der Waals surface area contributed by atoms with E-state index in [-0.39, 0.29) is 17.9 Å². The Balaban J connectivity index is 1.70. The molecule has 0 radical (unpaired) electrons. The number of anilines is 1. The van der Waals surface area contributed by atoms with Crippen LogP contribution in [-0.4, -0.2) is 37.0 Å². The summed E-state index contributed by atoms with van der Waals surface area (Å²) >= 11 is 0. The second kappa shape index (κ2) is 8.59. The van der Waals surface area contributed by atoms with Crippen LogP contribution < -0.4 is 5.73 Å². The lowest BCUT2D eigenvalue weighted by molar-refractivity contribution is 0.0742. The molecule has 176 valence electrons. The fraction of sp³-hybridized carbons (Fsp3) is 0.385. The van der Waals surface area contributed by atoms with Crippen molar-refractivity contribution in [2.75, 3.05) is 12.3 Å². The summed E-state index contributed by atoms with van der Waals surface area (Å²) in [5, 5.41) is 5.17. The first-order valence-electron chi connectivity index (χ1n) is 11.8. The van der Waals surface area contributed by atoms with Gasteiger partial charge in [-0.15, -0.1) is 0 Å². The minimum Gasteiger partial charge on any atom is -0.383 e. The van der Waals surface area contributed by atoms with E-state index in [1.165, 1.54) is 6.33 Å². The number of aromatic nitrogens is 4. The van der Waals surface area contributed by atoms with Crippen LogP contribution in [0.1, 0.15) is 73.8 Å². The Hall–Kier alpha value is -3.68. The zero-order valence-electron chi connectivity index (χ0n) is 19.9. The van der Waals surface area contributed by atoms with Crippen LogP contribution in [0.5, 0.6) is 0 Å². The van der Waals surface area contributed by atoms with E-state index in [0.717, 1.165) is 40.7 Å². The molecule has 3 aromatic rings. The molecule has 0 bridgehead atoms. The number of nitrogen functional groups attached to an aromatic ring is 1. The monoisotopic (exact) mass is 458 g/mol. The van der Waals surface area contributed by atoms with Crippen molar-refractivity contribution >= 4 is 22.8 Å². The number of hydrogen-bond acceptors (Lipinski definition) is 6. The minimum absolute atomic E-state index is 0.0531. The van der Waals surface area contributed by atoms with E-state index in [0.29, 0.717) is 42.3 Å². The number of allylic oxidation sites excluding steroid dienone is 4. The van der Waals surface area contributed by atoms with Crippen LogP contribution in [0.2, 0.25) is 0 Å². The van der Waals surface area contributed by atoms with Crippen LogP contribution in [0.4, 0.5) is 5.82 Å². The number of fused-ring (bicyclic) bond motifs is 5. The Bertz CT molecular complexity index is 1340. The fourth-order valence-corrected chi connectivity index (χ4v) is 4.80. The third kappa shape index (κ3) is 3.54. The standard InChI is InChI=1S/C26H30N6O2/c1-5-7-8-16(6-2)11-12-31-13-18-19(20-24(27)28-14-29-25(20)32(18)15(3)4)22-21(26(31)33)23(34-30-22)17-9-10-17/h5-8,14-15,17H,2,9-13H2,1,3-4H3,(H2,27,28,29)/b7-5-,16-8+. The molecule has 3 aromatic heterocycles. The average molecular weight is 459 g/mol. The summed E-state index contributed by atoms with van der Waals surface area (Å²) in [4.78, 5) is 24.6. The summed E-state index contributed by atoms with van der Waals surface area (Å²) < 4.78 is 7.95. The van der Waals surface area contributed by atoms with Crippen LogP contribution in [0.15, 0.2) is 47.3 Å². The number of amides is 1. The Morgan fingerprint density at radius 3 is 2.79 bits per heavy atom. The van der Waals surface area contributed by atoms with Crippen molar-refractivity contribution in [3.63, 3.8) is 0 Å². The molecule has 0 spiro atoms. The molecule has 1 aliphatic carbocycles. The van der Waals surface area contributed by atoms with Gasteiger partial charge in [0.2, 0.25) is 0 Å². The highest BCUT2D eigenvalue weighted by molar-refractivity contribution is 6.09. The highest BCUT2D eigenvalue weighted by atomic mass is 16.5. The van der Waals surface area contributed by atoms with Gasteiger partial charge in [-0.1, -0.05) is 36.0 Å². The Labute approximate surface area is 198 Å². The summed E-state index contributed by atoms with van der Waals surface area (Å²) in [7, 11) is 0. The third-order valence-corrected chi connectivity index (χ3v) is 6.61. The molecule has 2 N–H and O–H groups in total. The topological polar surface area (TPSA) is 103 Å². The Morgan fingerprint density at radius 2 is 2.12 bits per heavy atom. The minimum atomic E-state index is -0.0531. The van der Waals surface area contributed by atoms with Gasteiger partial charge in [-0.2, -0.15) is 0 Å². The Morgan fingerprint density at radius 1 is 1.32 bits per heavy atom. The number of rotatable bonds is 7. The molecule has 4 heterocycles. The summed E-state index contributed by atoms with van der Waals surface area (Å²) in [6.45, 7) is 11.1. The zero-order chi connectivity index (χ0) is 24.0. The number of carbonyl (C=O) groups is 1. The van der Waals surface area contributed by atoms with Crippen molar-refractivity contribution in [3.05, 3.63) is 59.8 Å². The lowest BCUT2D eigenvalue weighted by atomic mass is 10.0. The molecule has 0 unspecified atom stereocenters. The number of nitrogens with two attached hydrogens (primary N) is 1. The summed E-state index contributed by atoms with van der Waals surface area (Å²) in [6.07, 6.45) is 12.0. The van der Waals surface area contributed by atoms with Crippen LogP contribution in [0, 0.1) is 0 Å². The van der Waals surface area contributed by atoms with Gasteiger partial charge in [-0.05, 0) is 45.6 Å². The van der Waals surface area contributed by atoms with Gasteiger partial charge < -0.3 is 19.7 Å². The number of hydrogen-bond donors (Lipinski definition) is 1. The van der Waals surface area contributed by atoms with Crippen molar-refractivity contribution < 1.29 is 9.32 Å². The van der Waals surface area contributed by atoms with E-state index < -0.39 is 0 Å². The van der Waals surface area contributed by atoms with Gasteiger partial charge in [0.15, 0.2) is 5.76 Å². The van der Waals surface area contributed by atoms with Crippen LogP contribution in [-0.2, 0) is 6.54 Å². The summed E-state index contributed by atoms with van der Waals surface area (Å²) in [5.41, 5.74) is 11.1. The lowest BCUT2D eigenvalue weighted by Crippen LogP contribution is -2.32. The molecule has 1 fully saturated rings. The van der Waals surface area contributed by atoms with E-state index in [1.807, 2.05) is 36.1 Å². The maximum atomic E-state index is 13.9. The predicted octanol–water partition coefficient (Wildman–Crippen LogP) is 5.16. The molecule has 34 heavy (non-hydrogen) atoms. The van der Waals surface area contributed by atoms with Gasteiger partial charge in [0.05, 0.1) is 11.9 Å². The van der Waals surface area contributed by atoms with E-state index in [9.17, 15) is 4.79 Å². The normalized spacial score (nSPS) is 16.4. The second-order valence-corrected chi connectivity index (χ2v) is 9.24. The van der Waals surface area contributed by atoms with Crippen LogP contribution in [0.25, 0.3) is 22.3 Å². The first kappa shape index (κ1) is 22.1. The first-order valence-corrected chi connectivity index (χ1v) is 11.8. The van der Waals surface area contributed by atoms with Crippen molar-refractivity contribution in [1.29, 1.82) is 0 Å². The molecular weight excluding hydrogens is 428 g/mol. The van der Waals surface area contributed by atoms with Crippen LogP contribution >= 0.6 is 0 Å². The number of nitrogens with zero attached hydrogens (tertiary/aromatic N) is 5. The van der Waals surface area contributed by atoms with E-state index in [1.54, 1.807) is 0 Å². The summed E-state index contributed by atoms with van der Waals surface area (Å²) in [6, 6.07) is 0.104. The summed E-state index contributed by atoms with van der Waals surface area (Å²) in [5.74, 6) is 1.26. The van der Waals surface area contributed by atoms with Gasteiger partial charge in [-0.25, -0.2) is 9.97 Å². The third-order valence-electron chi connectivity index (χ3n) is 6.61. The molecule has 1 aliphatic heterocycles. The molecule has 8 nitrogen and oxygen atoms in total. The molecule has 0 aromatic carbocycles. The molecule has 0 atom stereocenters. The van der Waals surface area contributed by atoms with E-state index >= 15 is 0 Å². The molecule has 5 rings (SSSR count). The smallest absolute Gasteiger partial charge is 0.260 e. The average Bonchev–Trinajstić information content (AvgIpc) is 3.50. The predicted molar refractivity (Wildman–Crippen MR) is 132 cm³/mol. The van der Waals surface area contributed by atoms with Gasteiger partial charge in [0.25, 0.3) is 5.91 Å². The number of carbonyl (C=O) groups excluding carboxylic acids is 1. The fourth-order valence-electron chi connectivity index (χ4n) is 4.80. The van der Waals surface area contributed by atoms with Crippen LogP contribution in [0.3, 0.4) is 0 Å². The van der Waals surface area contributed by atoms with Gasteiger partial charge in [-0.3, -0.25) is 4.79 Å². The first-order chi connectivity index (χ1) is 16.5. The molecule has 1 saturated carbocycles. The van der Waals surface area contributed by atoms with Gasteiger partial charge in [0.1, 0.15) is 29.0 Å². The second-order valence-electron chi connectivity index (χ2n) is 9.24. The lowest BCUT2D eigenvalue weighted by Gasteiger charge is -2.23. The molecule has 8 heteroatoms. The van der Waals surface area contributed by atoms with Gasteiger partial charge >= 0.3 is 0 Å². The van der Waals surface area contributed by atoms with Crippen molar-refractivity contribution in [1.82, 2.24) is 24.6 Å². The zero-order valence-corrected chi connectivity index (χ0v) is 19.9. The molecule has 0 saturated heterocycles. The maximum Gasteiger partial charge on any atom is 0.260 e. The quantitative estimate of drug-likeness (QED) is 0.491. The van der Waals surface area contributed by atoms with E-state index in [4.69, 9.17) is 10.3 Å². The maximum absolute atomic E-state index is 13.9. The largest absolute Gasteiger partial charge is 0.383 e. The van der Waals surface area contributed by atoms with Crippen molar-refractivity contribution in [3.8, 4) is 11.3 Å². The SMILES string of the molecule is C=C/C(=C\C=C/C)CCN1Cc2c(c3c(N)ncnc3n2C(C)C)-c2noc(C3CC3)c2C1=O. The molecule has 2 aliphatic rings. The van der Waals surface area contributed by atoms with Crippen molar-refractivity contribution in [2.24, 2.45) is 0 Å². The molecular formula is C26H30N6O2. The highest BCUT2D eigenvalue weighted by Crippen LogP contribution is 2.48. The molecule has 1 amide bonds. The Kier molecular flexibility index (Phi) is 5.59. The van der Waals surface area contributed by atoms with Crippen molar-refractivity contribution in [2.45, 2.75) is 58.5 Å².